The van der Waals surface area contributed by atoms with E-state index in [9.17, 15) is 19.5 Å². The lowest BCUT2D eigenvalue weighted by Gasteiger charge is -2.33. The van der Waals surface area contributed by atoms with Gasteiger partial charge in [0.25, 0.3) is 0 Å². The number of alkyl carbamates (subject to hydrolysis) is 1. The van der Waals surface area contributed by atoms with Gasteiger partial charge in [0.15, 0.2) is 0 Å². The van der Waals surface area contributed by atoms with Crippen molar-refractivity contribution in [2.24, 2.45) is 17.3 Å². The highest BCUT2D eigenvalue weighted by Gasteiger charge is 2.66. The second-order valence-electron chi connectivity index (χ2n) is 10.6. The minimum Gasteiger partial charge on any atom is -0.481 e. The van der Waals surface area contributed by atoms with Gasteiger partial charge in [0.05, 0.1) is 11.3 Å². The highest BCUT2D eigenvalue weighted by Crippen LogP contribution is 2.64. The summed E-state index contributed by atoms with van der Waals surface area (Å²) in [6, 6.07) is 16.4. The van der Waals surface area contributed by atoms with Gasteiger partial charge in [-0.05, 0) is 60.3 Å². The van der Waals surface area contributed by atoms with Gasteiger partial charge in [-0.2, -0.15) is 0 Å². The van der Waals surface area contributed by atoms with Gasteiger partial charge in [-0.15, -0.1) is 0 Å². The third-order valence-electron chi connectivity index (χ3n) is 8.56. The number of nitrogens with one attached hydrogen (secondary N) is 1. The molecule has 1 saturated heterocycles. The maximum atomic E-state index is 13.3. The zero-order valence-corrected chi connectivity index (χ0v) is 19.6. The molecule has 0 aromatic heterocycles. The maximum absolute atomic E-state index is 13.3. The minimum absolute atomic E-state index is 0.0133. The predicted molar refractivity (Wildman–Crippen MR) is 129 cm³/mol. The van der Waals surface area contributed by atoms with Gasteiger partial charge in [0.2, 0.25) is 5.91 Å². The van der Waals surface area contributed by atoms with Crippen LogP contribution in [0, 0.1) is 17.3 Å². The smallest absolute Gasteiger partial charge is 0.407 e. The number of benzene rings is 2. The summed E-state index contributed by atoms with van der Waals surface area (Å²) in [6.45, 7) is 1.19. The molecule has 0 bridgehead atoms. The molecule has 3 aliphatic carbocycles. The lowest BCUT2D eigenvalue weighted by molar-refractivity contribution is -0.147. The van der Waals surface area contributed by atoms with Gasteiger partial charge < -0.3 is 20.1 Å². The summed E-state index contributed by atoms with van der Waals surface area (Å²) in [6.07, 6.45) is 3.13. The summed E-state index contributed by atoms with van der Waals surface area (Å²) >= 11 is 0. The quantitative estimate of drug-likeness (QED) is 0.683. The highest BCUT2D eigenvalue weighted by atomic mass is 16.5. The third-order valence-corrected chi connectivity index (χ3v) is 8.56. The summed E-state index contributed by atoms with van der Waals surface area (Å²) in [5.74, 6) is -0.949. The largest absolute Gasteiger partial charge is 0.481 e. The monoisotopic (exact) mass is 474 g/mol. The first-order valence-corrected chi connectivity index (χ1v) is 12.6. The predicted octanol–water partition coefficient (Wildman–Crippen LogP) is 4.02. The number of carbonyl (C=O) groups is 3. The van der Waals surface area contributed by atoms with E-state index in [1.807, 2.05) is 24.3 Å². The van der Waals surface area contributed by atoms with Crippen LogP contribution in [0.1, 0.15) is 49.1 Å². The Kier molecular flexibility index (Phi) is 5.31. The molecule has 2 N–H and O–H groups in total. The van der Waals surface area contributed by atoms with Crippen LogP contribution in [0.5, 0.6) is 0 Å². The summed E-state index contributed by atoms with van der Waals surface area (Å²) in [4.78, 5) is 39.1. The Morgan fingerprint density at radius 2 is 1.71 bits per heavy atom. The van der Waals surface area contributed by atoms with E-state index in [4.69, 9.17) is 4.74 Å². The number of nitrogens with zero attached hydrogens (tertiary/aromatic N) is 1. The molecule has 182 valence electrons. The minimum atomic E-state index is -0.825. The molecule has 4 atom stereocenters. The highest BCUT2D eigenvalue weighted by molar-refractivity contribution is 5.87. The van der Waals surface area contributed by atoms with Crippen LogP contribution < -0.4 is 5.32 Å². The number of likely N-dealkylation sites (tertiary alicyclic amines) is 1. The summed E-state index contributed by atoms with van der Waals surface area (Å²) < 4.78 is 5.69. The Morgan fingerprint density at radius 1 is 1.03 bits per heavy atom. The topological polar surface area (TPSA) is 95.9 Å². The number of carboxylic acids is 1. The number of carbonyl (C=O) groups excluding carboxylic acids is 2. The van der Waals surface area contributed by atoms with Gasteiger partial charge in [0.1, 0.15) is 6.61 Å². The van der Waals surface area contributed by atoms with Crippen molar-refractivity contribution in [3.05, 3.63) is 59.7 Å². The number of rotatable bonds is 5. The van der Waals surface area contributed by atoms with Crippen molar-refractivity contribution >= 4 is 18.0 Å². The first kappa shape index (κ1) is 22.1. The lowest BCUT2D eigenvalue weighted by Crippen LogP contribution is -2.46. The molecule has 3 unspecified atom stereocenters. The Morgan fingerprint density at radius 3 is 2.40 bits per heavy atom. The number of amides is 2. The van der Waals surface area contributed by atoms with Crippen molar-refractivity contribution in [2.75, 3.05) is 19.7 Å². The Hall–Kier alpha value is -3.35. The molecule has 35 heavy (non-hydrogen) atoms. The molecule has 4 aliphatic rings. The van der Waals surface area contributed by atoms with Crippen molar-refractivity contribution in [1.29, 1.82) is 0 Å². The van der Waals surface area contributed by atoms with Gasteiger partial charge in [-0.3, -0.25) is 9.59 Å². The molecule has 7 heteroatoms. The zero-order valence-electron chi connectivity index (χ0n) is 19.6. The van der Waals surface area contributed by atoms with Crippen molar-refractivity contribution in [3.63, 3.8) is 0 Å². The summed E-state index contributed by atoms with van der Waals surface area (Å²) in [5, 5.41) is 12.4. The first-order chi connectivity index (χ1) is 17.0. The van der Waals surface area contributed by atoms with Gasteiger partial charge in [-0.1, -0.05) is 48.5 Å². The fraction of sp³-hybridized carbons (Fsp3) is 0.464. The summed E-state index contributed by atoms with van der Waals surface area (Å²) in [7, 11) is 0. The van der Waals surface area contributed by atoms with Crippen LogP contribution in [0.3, 0.4) is 0 Å². The van der Waals surface area contributed by atoms with E-state index in [0.717, 1.165) is 19.3 Å². The van der Waals surface area contributed by atoms with Crippen LogP contribution in [0.15, 0.2) is 48.5 Å². The van der Waals surface area contributed by atoms with Crippen LogP contribution >= 0.6 is 0 Å². The standard InChI is InChI=1S/C28H30N2O5/c31-25(32)17-6-5-11-30(15-17)26(33)28-13-18(28)12-19(14-28)29-27(34)35-16-24-22-9-3-1-7-20(22)21-8-2-4-10-23(21)24/h1-4,7-10,17-19,24H,5-6,11-16H2,(H,29,34)(H,31,32)/t17-,18?,19?,28?/m1/s1. The molecule has 1 aliphatic heterocycles. The molecule has 7 nitrogen and oxygen atoms in total. The number of ether oxygens (including phenoxy) is 1. The zero-order chi connectivity index (χ0) is 24.2. The number of hydrogen-bond donors (Lipinski definition) is 2. The second kappa shape index (κ2) is 8.40. The van der Waals surface area contributed by atoms with E-state index >= 15 is 0 Å². The van der Waals surface area contributed by atoms with E-state index in [-0.39, 0.29) is 30.4 Å². The van der Waals surface area contributed by atoms with E-state index in [2.05, 4.69) is 29.6 Å². The number of hydrogen-bond acceptors (Lipinski definition) is 4. The molecule has 2 aromatic carbocycles. The van der Waals surface area contributed by atoms with E-state index in [1.54, 1.807) is 4.90 Å². The van der Waals surface area contributed by atoms with Crippen LogP contribution in [-0.2, 0) is 14.3 Å². The average Bonchev–Trinajstić information content (AvgIpc) is 3.30. The molecule has 2 saturated carbocycles. The number of carboxylic acid groups (broad SMARTS) is 1. The van der Waals surface area contributed by atoms with Crippen LogP contribution in [0.25, 0.3) is 11.1 Å². The van der Waals surface area contributed by atoms with Crippen LogP contribution in [0.4, 0.5) is 4.79 Å². The molecular weight excluding hydrogens is 444 g/mol. The molecule has 2 aromatic rings. The van der Waals surface area contributed by atoms with E-state index in [1.165, 1.54) is 22.3 Å². The lowest BCUT2D eigenvalue weighted by atomic mass is 9.94. The van der Waals surface area contributed by atoms with Gasteiger partial charge in [0, 0.05) is 25.0 Å². The fourth-order valence-electron chi connectivity index (χ4n) is 6.75. The van der Waals surface area contributed by atoms with Crippen LogP contribution in [-0.4, -0.2) is 53.7 Å². The number of aliphatic carboxylic acids is 1. The van der Waals surface area contributed by atoms with Crippen molar-refractivity contribution < 1.29 is 24.2 Å². The van der Waals surface area contributed by atoms with Gasteiger partial charge >= 0.3 is 12.1 Å². The Labute approximate surface area is 204 Å². The van der Waals surface area contributed by atoms with Crippen molar-refractivity contribution in [2.45, 2.75) is 44.1 Å². The summed E-state index contributed by atoms with van der Waals surface area (Å²) in [5.41, 5.74) is 4.30. The molecule has 3 fully saturated rings. The molecule has 1 heterocycles. The maximum Gasteiger partial charge on any atom is 0.407 e. The SMILES string of the molecule is O=C(NC1CC2CC2(C(=O)N2CCC[C@@H](C(=O)O)C2)C1)OCC1c2ccccc2-c2ccccc21. The molecule has 0 spiro atoms. The van der Waals surface area contributed by atoms with Gasteiger partial charge in [-0.25, -0.2) is 4.79 Å². The first-order valence-electron chi connectivity index (χ1n) is 12.6. The Bertz CT molecular complexity index is 1150. The number of fused-ring (bicyclic) bond motifs is 4. The van der Waals surface area contributed by atoms with Crippen molar-refractivity contribution in [3.8, 4) is 11.1 Å². The average molecular weight is 475 g/mol. The number of piperidine rings is 1. The van der Waals surface area contributed by atoms with Crippen molar-refractivity contribution in [1.82, 2.24) is 10.2 Å². The molecule has 0 radical (unpaired) electrons. The molecule has 2 amide bonds. The normalized spacial score (nSPS) is 28.6. The fourth-order valence-corrected chi connectivity index (χ4v) is 6.75. The Balaban J connectivity index is 1.06. The molecular formula is C28H30N2O5. The molecule has 6 rings (SSSR count). The second-order valence-corrected chi connectivity index (χ2v) is 10.6. The van der Waals surface area contributed by atoms with Crippen LogP contribution in [0.2, 0.25) is 0 Å². The van der Waals surface area contributed by atoms with E-state index in [0.29, 0.717) is 25.9 Å². The van der Waals surface area contributed by atoms with E-state index < -0.39 is 23.4 Å². The third kappa shape index (κ3) is 3.77.